The Morgan fingerprint density at radius 2 is 2.28 bits per heavy atom. The van der Waals surface area contributed by atoms with E-state index in [1.54, 1.807) is 14.2 Å². The van der Waals surface area contributed by atoms with E-state index in [4.69, 9.17) is 9.47 Å². The Labute approximate surface area is 105 Å². The van der Waals surface area contributed by atoms with Gasteiger partial charge in [-0.15, -0.1) is 5.10 Å². The number of nitrogens with one attached hydrogen (secondary N) is 1. The first-order chi connectivity index (χ1) is 8.65. The highest BCUT2D eigenvalue weighted by molar-refractivity contribution is 5.54. The predicted octanol–water partition coefficient (Wildman–Crippen LogP) is 0.793. The molecular weight excluding hydrogens is 240 g/mol. The molecule has 0 aliphatic heterocycles. The topological polar surface area (TPSA) is 91.5 Å². The Bertz CT molecular complexity index is 380. The van der Waals surface area contributed by atoms with Crippen LogP contribution in [0.4, 0.5) is 11.5 Å². The molecule has 102 valence electrons. The number of aryl methyl sites for hydroxylation is 1. The second-order valence-corrected chi connectivity index (χ2v) is 3.68. The number of ether oxygens (including phenoxy) is 2. The fraction of sp³-hybridized carbons (Fsp3) is 0.700. The minimum Gasteiger partial charge on any atom is -0.382 e. The second kappa shape index (κ2) is 7.62. The van der Waals surface area contributed by atoms with E-state index in [-0.39, 0.29) is 5.69 Å². The fourth-order valence-electron chi connectivity index (χ4n) is 1.36. The average Bonchev–Trinajstić information content (AvgIpc) is 2.69. The number of rotatable bonds is 9. The Hall–Kier alpha value is -1.67. The summed E-state index contributed by atoms with van der Waals surface area (Å²) < 4.78 is 11.5. The van der Waals surface area contributed by atoms with Gasteiger partial charge >= 0.3 is 5.69 Å². The molecule has 1 aromatic rings. The summed E-state index contributed by atoms with van der Waals surface area (Å²) in [7, 11) is 3.26. The molecule has 1 N–H and O–H groups in total. The van der Waals surface area contributed by atoms with E-state index in [1.807, 2.05) is 0 Å². The Balaban J connectivity index is 2.25. The van der Waals surface area contributed by atoms with Crippen LogP contribution in [0.15, 0.2) is 6.20 Å². The first-order valence-corrected chi connectivity index (χ1v) is 5.63. The number of hydrogen-bond acceptors (Lipinski definition) is 6. The van der Waals surface area contributed by atoms with Gasteiger partial charge in [0, 0.05) is 27.3 Å². The van der Waals surface area contributed by atoms with Crippen LogP contribution in [0.1, 0.15) is 6.42 Å². The molecule has 0 bridgehead atoms. The van der Waals surface area contributed by atoms with Crippen LogP contribution in [0, 0.1) is 10.1 Å². The van der Waals surface area contributed by atoms with Crippen LogP contribution in [0.25, 0.3) is 0 Å². The van der Waals surface area contributed by atoms with Crippen LogP contribution < -0.4 is 5.32 Å². The van der Waals surface area contributed by atoms with E-state index in [1.165, 1.54) is 10.9 Å². The minimum atomic E-state index is -0.454. The third-order valence-corrected chi connectivity index (χ3v) is 2.20. The number of aromatic nitrogens is 2. The molecule has 0 saturated carbocycles. The summed E-state index contributed by atoms with van der Waals surface area (Å²) in [6.07, 6.45) is 2.12. The summed E-state index contributed by atoms with van der Waals surface area (Å²) in [5.41, 5.74) is -0.0159. The van der Waals surface area contributed by atoms with Crippen LogP contribution in [0.5, 0.6) is 0 Å². The maximum absolute atomic E-state index is 10.7. The molecule has 0 radical (unpaired) electrons. The molecule has 1 heterocycles. The van der Waals surface area contributed by atoms with Crippen LogP contribution in [-0.2, 0) is 16.5 Å². The lowest BCUT2D eigenvalue weighted by atomic mass is 10.4. The SMILES string of the molecule is COCCOCCCNc1nn(C)cc1[N+](=O)[O-]. The summed E-state index contributed by atoms with van der Waals surface area (Å²) in [6.45, 7) is 2.28. The van der Waals surface area contributed by atoms with Gasteiger partial charge in [-0.25, -0.2) is 0 Å². The van der Waals surface area contributed by atoms with Gasteiger partial charge in [0.15, 0.2) is 0 Å². The maximum atomic E-state index is 10.7. The van der Waals surface area contributed by atoms with E-state index in [9.17, 15) is 10.1 Å². The zero-order chi connectivity index (χ0) is 13.4. The van der Waals surface area contributed by atoms with Gasteiger partial charge in [-0.2, -0.15) is 0 Å². The highest BCUT2D eigenvalue weighted by Gasteiger charge is 2.17. The van der Waals surface area contributed by atoms with E-state index in [2.05, 4.69) is 10.4 Å². The van der Waals surface area contributed by atoms with Gasteiger partial charge in [0.05, 0.1) is 18.1 Å². The molecule has 18 heavy (non-hydrogen) atoms. The zero-order valence-electron chi connectivity index (χ0n) is 10.6. The summed E-state index contributed by atoms with van der Waals surface area (Å²) in [5.74, 6) is 0.291. The van der Waals surface area contributed by atoms with Crippen molar-refractivity contribution in [1.82, 2.24) is 9.78 Å². The van der Waals surface area contributed by atoms with Gasteiger partial charge < -0.3 is 14.8 Å². The molecule has 0 atom stereocenters. The number of nitro groups is 1. The number of nitrogens with zero attached hydrogens (tertiary/aromatic N) is 3. The molecular formula is C10H18N4O4. The summed E-state index contributed by atoms with van der Waals surface area (Å²) in [4.78, 5) is 10.3. The van der Waals surface area contributed by atoms with E-state index in [0.717, 1.165) is 6.42 Å². The third kappa shape index (κ3) is 4.68. The van der Waals surface area contributed by atoms with Gasteiger partial charge in [-0.3, -0.25) is 14.8 Å². The van der Waals surface area contributed by atoms with Crippen molar-refractivity contribution < 1.29 is 14.4 Å². The lowest BCUT2D eigenvalue weighted by Crippen LogP contribution is -2.09. The smallest absolute Gasteiger partial charge is 0.330 e. The van der Waals surface area contributed by atoms with Gasteiger partial charge in [0.1, 0.15) is 6.20 Å². The molecule has 1 rings (SSSR count). The highest BCUT2D eigenvalue weighted by atomic mass is 16.6. The number of hydrogen-bond donors (Lipinski definition) is 1. The molecule has 0 fully saturated rings. The Morgan fingerprint density at radius 3 is 2.94 bits per heavy atom. The molecule has 0 unspecified atom stereocenters. The normalized spacial score (nSPS) is 10.6. The molecule has 8 heteroatoms. The number of methoxy groups -OCH3 is 1. The van der Waals surface area contributed by atoms with Crippen molar-refractivity contribution >= 4 is 11.5 Å². The minimum absolute atomic E-state index is 0.0159. The standard InChI is InChI=1S/C10H18N4O4/c1-13-8-9(14(15)16)10(12-13)11-4-3-5-18-7-6-17-2/h8H,3-7H2,1-2H3,(H,11,12). The first kappa shape index (κ1) is 14.4. The Morgan fingerprint density at radius 1 is 1.50 bits per heavy atom. The van der Waals surface area contributed by atoms with Crippen LogP contribution >= 0.6 is 0 Å². The van der Waals surface area contributed by atoms with Gasteiger partial charge in [-0.05, 0) is 6.42 Å². The van der Waals surface area contributed by atoms with E-state index >= 15 is 0 Å². The molecule has 0 spiro atoms. The average molecular weight is 258 g/mol. The van der Waals surface area contributed by atoms with Gasteiger partial charge in [0.25, 0.3) is 0 Å². The Kier molecular flexibility index (Phi) is 6.09. The second-order valence-electron chi connectivity index (χ2n) is 3.68. The van der Waals surface area contributed by atoms with Crippen LogP contribution in [0.2, 0.25) is 0 Å². The van der Waals surface area contributed by atoms with Crippen molar-refractivity contribution in [2.24, 2.45) is 7.05 Å². The fourth-order valence-corrected chi connectivity index (χ4v) is 1.36. The van der Waals surface area contributed by atoms with Crippen LogP contribution in [-0.4, -0.2) is 48.2 Å². The lowest BCUT2D eigenvalue weighted by Gasteiger charge is -2.04. The molecule has 0 aliphatic rings. The van der Waals surface area contributed by atoms with Gasteiger partial charge in [-0.1, -0.05) is 0 Å². The van der Waals surface area contributed by atoms with E-state index in [0.29, 0.717) is 32.2 Å². The van der Waals surface area contributed by atoms with E-state index < -0.39 is 4.92 Å². The largest absolute Gasteiger partial charge is 0.382 e. The summed E-state index contributed by atoms with van der Waals surface area (Å²) in [5, 5.41) is 17.6. The molecule has 0 aliphatic carbocycles. The lowest BCUT2D eigenvalue weighted by molar-refractivity contribution is -0.384. The molecule has 1 aromatic heterocycles. The summed E-state index contributed by atoms with van der Waals surface area (Å²) >= 11 is 0. The third-order valence-electron chi connectivity index (χ3n) is 2.20. The highest BCUT2D eigenvalue weighted by Crippen LogP contribution is 2.20. The zero-order valence-corrected chi connectivity index (χ0v) is 10.6. The van der Waals surface area contributed by atoms with Crippen molar-refractivity contribution in [1.29, 1.82) is 0 Å². The van der Waals surface area contributed by atoms with Crippen molar-refractivity contribution in [3.63, 3.8) is 0 Å². The van der Waals surface area contributed by atoms with Crippen LogP contribution in [0.3, 0.4) is 0 Å². The monoisotopic (exact) mass is 258 g/mol. The van der Waals surface area contributed by atoms with Crippen molar-refractivity contribution in [3.05, 3.63) is 16.3 Å². The van der Waals surface area contributed by atoms with Crippen molar-refractivity contribution in [3.8, 4) is 0 Å². The van der Waals surface area contributed by atoms with Crippen molar-refractivity contribution in [2.75, 3.05) is 38.8 Å². The molecule has 0 amide bonds. The molecule has 8 nitrogen and oxygen atoms in total. The predicted molar refractivity (Wildman–Crippen MR) is 65.7 cm³/mol. The first-order valence-electron chi connectivity index (χ1n) is 5.63. The number of anilines is 1. The maximum Gasteiger partial charge on any atom is 0.330 e. The molecule has 0 aromatic carbocycles. The summed E-state index contributed by atoms with van der Waals surface area (Å²) in [6, 6.07) is 0. The van der Waals surface area contributed by atoms with Crippen molar-refractivity contribution in [2.45, 2.75) is 6.42 Å². The van der Waals surface area contributed by atoms with Gasteiger partial charge in [0.2, 0.25) is 5.82 Å². The quantitative estimate of drug-likeness (QED) is 0.400. The molecule has 0 saturated heterocycles.